The Kier molecular flexibility index (Phi) is 20.0. The predicted octanol–water partition coefficient (Wildman–Crippen LogP) is 10.0. The first-order valence-electron chi connectivity index (χ1n) is 20.9. The van der Waals surface area contributed by atoms with Crippen LogP contribution in [0.15, 0.2) is 208 Å². The minimum Gasteiger partial charge on any atom is -0.489 e. The molecule has 0 unspecified atom stereocenters. The first-order valence-corrected chi connectivity index (χ1v) is 25.5. The molecule has 0 saturated carbocycles. The van der Waals surface area contributed by atoms with Crippen molar-refractivity contribution in [2.45, 2.75) is 30.4 Å². The topological polar surface area (TPSA) is 213 Å². The van der Waals surface area contributed by atoms with E-state index in [9.17, 15) is 26.4 Å². The fourth-order valence-corrected chi connectivity index (χ4v) is 8.89. The number of nitrogens with two attached hydrogens (primary N) is 2. The van der Waals surface area contributed by atoms with Crippen LogP contribution in [-0.4, -0.2) is 45.6 Å². The molecule has 0 heterocycles. The van der Waals surface area contributed by atoms with Gasteiger partial charge in [0.1, 0.15) is 34.5 Å². The Morgan fingerprint density at radius 3 is 1.34 bits per heavy atom. The normalized spacial score (nSPS) is 10.8. The monoisotopic (exact) mass is 1090 g/mol. The third-order valence-electron chi connectivity index (χ3n) is 10.1. The molecule has 0 aliphatic rings. The molecule has 0 aromatic heterocycles. The van der Waals surface area contributed by atoms with Crippen molar-refractivity contribution in [2.75, 3.05) is 0 Å². The summed E-state index contributed by atoms with van der Waals surface area (Å²) in [5.74, 6) is 0.731. The first kappa shape index (κ1) is 55.5. The summed E-state index contributed by atoms with van der Waals surface area (Å²) in [6, 6.07) is 56.0. The Morgan fingerprint density at radius 2 is 0.901 bits per heavy atom. The summed E-state index contributed by atoms with van der Waals surface area (Å²) in [6.45, 7) is 0.936. The second-order valence-corrected chi connectivity index (χ2v) is 19.9. The molecule has 0 fully saturated rings. The van der Waals surface area contributed by atoms with Crippen LogP contribution in [0, 0.1) is 0 Å². The van der Waals surface area contributed by atoms with Crippen molar-refractivity contribution in [1.82, 2.24) is 0 Å². The molecule has 6 N–H and O–H groups in total. The highest BCUT2D eigenvalue weighted by Gasteiger charge is 2.19. The Bertz CT molecular complexity index is 3320. The number of ketones is 2. The summed E-state index contributed by atoms with van der Waals surface area (Å²) in [6.07, 6.45) is 0. The van der Waals surface area contributed by atoms with Gasteiger partial charge in [-0.1, -0.05) is 156 Å². The zero-order chi connectivity index (χ0) is 50.4. The van der Waals surface area contributed by atoms with Gasteiger partial charge in [0.25, 0.3) is 0 Å². The molecule has 0 aliphatic carbocycles. The van der Waals surface area contributed by atoms with Gasteiger partial charge in [-0.2, -0.15) is 0 Å². The standard InChI is InChI=1S/C26H20ClNO4S.C13H13BO3.C13H9BrClNO3S.CH4/c27-24-14-13-22(16-25(24)33(28,30)31)26(29)20-11-9-19(10-12-20)21-7-4-8-23(15-21)32-17-18-5-2-1-3-6-18;15-14(16)12-7-4-8-13(9-12)17-10-11-5-2-1-3-6-11;14-10-4-1-8(2-5-10)13(17)9-3-6-11(15)12(7-9)20(16,18)19;/h1-16H,17H2,(H2,28,30,31);1-9,15-16H,10H2;1-7H,(H2,16,18,19);1H4. The van der Waals surface area contributed by atoms with E-state index in [0.717, 1.165) is 32.5 Å². The van der Waals surface area contributed by atoms with Gasteiger partial charge in [-0.3, -0.25) is 9.59 Å². The van der Waals surface area contributed by atoms with E-state index in [1.165, 1.54) is 36.4 Å². The van der Waals surface area contributed by atoms with Crippen LogP contribution in [0.1, 0.15) is 50.4 Å². The number of rotatable bonds is 14. The van der Waals surface area contributed by atoms with E-state index >= 15 is 0 Å². The number of primary sulfonamides is 2. The van der Waals surface area contributed by atoms with E-state index in [0.29, 0.717) is 35.6 Å². The van der Waals surface area contributed by atoms with Crippen LogP contribution in [0.2, 0.25) is 10.0 Å². The van der Waals surface area contributed by atoms with Gasteiger partial charge >= 0.3 is 7.12 Å². The maximum absolute atomic E-state index is 12.9. The lowest BCUT2D eigenvalue weighted by molar-refractivity contribution is 0.103. The smallest absolute Gasteiger partial charge is 0.488 e. The summed E-state index contributed by atoms with van der Waals surface area (Å²) < 4.78 is 58.5. The Labute approximate surface area is 431 Å². The molecule has 12 nitrogen and oxygen atoms in total. The molecule has 8 aromatic carbocycles. The highest BCUT2D eigenvalue weighted by molar-refractivity contribution is 9.10. The quantitative estimate of drug-likeness (QED) is 0.0597. The van der Waals surface area contributed by atoms with Gasteiger partial charge in [0, 0.05) is 26.7 Å². The average molecular weight is 1100 g/mol. The van der Waals surface area contributed by atoms with E-state index in [1.54, 1.807) is 60.7 Å². The second-order valence-electron chi connectivity index (χ2n) is 15.1. The van der Waals surface area contributed by atoms with E-state index in [1.807, 2.05) is 97.1 Å². The maximum atomic E-state index is 12.9. The molecule has 364 valence electrons. The lowest BCUT2D eigenvalue weighted by Gasteiger charge is -2.09. The molecule has 0 radical (unpaired) electrons. The molecular formula is C53H46BBrCl2N2O10S2. The number of hydrogen-bond acceptors (Lipinski definition) is 10. The molecule has 0 bridgehead atoms. The van der Waals surface area contributed by atoms with Crippen LogP contribution < -0.4 is 25.2 Å². The zero-order valence-corrected chi connectivity index (χ0v) is 41.5. The summed E-state index contributed by atoms with van der Waals surface area (Å²) in [7, 11) is -9.47. The summed E-state index contributed by atoms with van der Waals surface area (Å²) in [5.41, 5.74) is 5.69. The minimum absolute atomic E-state index is 0. The van der Waals surface area contributed by atoms with Gasteiger partial charge < -0.3 is 19.5 Å². The van der Waals surface area contributed by atoms with Crippen LogP contribution in [0.3, 0.4) is 0 Å². The Morgan fingerprint density at radius 1 is 0.493 bits per heavy atom. The molecule has 0 aliphatic heterocycles. The Hall–Kier alpha value is -6.44. The van der Waals surface area contributed by atoms with Crippen molar-refractivity contribution in [3.63, 3.8) is 0 Å². The highest BCUT2D eigenvalue weighted by atomic mass is 79.9. The van der Waals surface area contributed by atoms with E-state index in [4.69, 9.17) is 53.0 Å². The largest absolute Gasteiger partial charge is 0.489 e. The lowest BCUT2D eigenvalue weighted by atomic mass is 9.80. The van der Waals surface area contributed by atoms with Gasteiger partial charge in [0.15, 0.2) is 11.6 Å². The summed E-state index contributed by atoms with van der Waals surface area (Å²) >= 11 is 15.0. The Balaban J connectivity index is 0.000000212. The van der Waals surface area contributed by atoms with Crippen LogP contribution in [0.5, 0.6) is 11.5 Å². The number of carbonyl (C=O) groups is 2. The average Bonchev–Trinajstić information content (AvgIpc) is 3.36. The molecular weight excluding hydrogens is 1050 g/mol. The SMILES string of the molecule is C.NS(=O)(=O)c1cc(C(=O)c2ccc(-c3cccc(OCc4ccccc4)c3)cc2)ccc1Cl.NS(=O)(=O)c1cc(C(=O)c2ccc(Br)cc2)ccc1Cl.OB(O)c1cccc(OCc2ccccc2)c1. The molecule has 0 atom stereocenters. The van der Waals surface area contributed by atoms with Gasteiger partial charge in [0.05, 0.1) is 10.0 Å². The minimum atomic E-state index is -4.04. The van der Waals surface area contributed by atoms with Gasteiger partial charge in [-0.05, 0) is 113 Å². The molecule has 8 aromatic rings. The van der Waals surface area contributed by atoms with Gasteiger partial charge in [0.2, 0.25) is 20.0 Å². The number of benzene rings is 8. The van der Waals surface area contributed by atoms with Crippen molar-refractivity contribution in [3.05, 3.63) is 242 Å². The molecule has 0 amide bonds. The second kappa shape index (κ2) is 25.6. The highest BCUT2D eigenvalue weighted by Crippen LogP contribution is 2.28. The summed E-state index contributed by atoms with van der Waals surface area (Å²) in [4.78, 5) is 24.6. The number of ether oxygens (including phenoxy) is 2. The molecule has 0 spiro atoms. The van der Waals surface area contributed by atoms with Crippen LogP contribution in [-0.2, 0) is 33.3 Å². The van der Waals surface area contributed by atoms with Crippen molar-refractivity contribution in [2.24, 2.45) is 10.3 Å². The maximum Gasteiger partial charge on any atom is 0.488 e. The number of hydrogen-bond donors (Lipinski definition) is 4. The molecule has 71 heavy (non-hydrogen) atoms. The lowest BCUT2D eigenvalue weighted by Crippen LogP contribution is -2.29. The summed E-state index contributed by atoms with van der Waals surface area (Å²) in [5, 5.41) is 28.3. The first-order chi connectivity index (χ1) is 33.3. The van der Waals surface area contributed by atoms with Crippen LogP contribution in [0.25, 0.3) is 11.1 Å². The molecule has 0 saturated heterocycles. The van der Waals surface area contributed by atoms with E-state index in [-0.39, 0.29) is 50.0 Å². The fraction of sp³-hybridized carbons (Fsp3) is 0.0566. The van der Waals surface area contributed by atoms with E-state index in [2.05, 4.69) is 15.9 Å². The van der Waals surface area contributed by atoms with Crippen LogP contribution >= 0.6 is 39.1 Å². The molecule has 18 heteroatoms. The van der Waals surface area contributed by atoms with Crippen LogP contribution in [0.4, 0.5) is 0 Å². The van der Waals surface area contributed by atoms with E-state index < -0.39 is 27.2 Å². The third-order valence-corrected chi connectivity index (χ3v) is 13.4. The van der Waals surface area contributed by atoms with Gasteiger partial charge in [-0.15, -0.1) is 0 Å². The van der Waals surface area contributed by atoms with Crippen molar-refractivity contribution in [1.29, 1.82) is 0 Å². The van der Waals surface area contributed by atoms with Crippen molar-refractivity contribution >= 4 is 83.3 Å². The molecule has 8 rings (SSSR count). The van der Waals surface area contributed by atoms with Gasteiger partial charge in [-0.25, -0.2) is 27.1 Å². The number of sulfonamides is 2. The van der Waals surface area contributed by atoms with Crippen molar-refractivity contribution < 1.29 is 45.9 Å². The number of halogens is 3. The fourth-order valence-electron chi connectivity index (χ4n) is 6.49. The number of carbonyl (C=O) groups excluding carboxylic acids is 2. The third kappa shape index (κ3) is 16.3. The van der Waals surface area contributed by atoms with Crippen molar-refractivity contribution in [3.8, 4) is 22.6 Å². The predicted molar refractivity (Wildman–Crippen MR) is 283 cm³/mol. The zero-order valence-electron chi connectivity index (χ0n) is 36.7.